The average molecular weight is 478 g/mol. The number of carbonyl (C=O) groups is 1. The molecular weight excluding hydrogens is 446 g/mol. The number of rotatable bonds is 11. The van der Waals surface area contributed by atoms with Crippen molar-refractivity contribution in [3.63, 3.8) is 0 Å². The number of aromatic nitrogens is 3. The zero-order valence-electron chi connectivity index (χ0n) is 20.4. The van der Waals surface area contributed by atoms with Crippen LogP contribution in [-0.2, 0) is 11.2 Å². The van der Waals surface area contributed by atoms with Gasteiger partial charge in [-0.15, -0.1) is 0 Å². The Labute approximate surface area is 204 Å². The number of benzene rings is 2. The quantitative estimate of drug-likeness (QED) is 0.242. The van der Waals surface area contributed by atoms with Crippen molar-refractivity contribution in [3.05, 3.63) is 70.0 Å². The molecule has 1 heterocycles. The van der Waals surface area contributed by atoms with Gasteiger partial charge in [-0.2, -0.15) is 10.2 Å². The summed E-state index contributed by atoms with van der Waals surface area (Å²) in [7, 11) is 0. The summed E-state index contributed by atoms with van der Waals surface area (Å²) in [5.74, 6) is 1.33. The number of nitrogens with zero attached hydrogens (tertiary/aromatic N) is 5. The highest BCUT2D eigenvalue weighted by molar-refractivity contribution is 5.90. The van der Waals surface area contributed by atoms with Crippen LogP contribution in [0, 0.1) is 22.0 Å². The molecule has 2 aromatic carbocycles. The summed E-state index contributed by atoms with van der Waals surface area (Å²) < 4.78 is 0. The van der Waals surface area contributed by atoms with Crippen LogP contribution in [0.15, 0.2) is 53.6 Å². The number of non-ortho nitro benzene ring substituents is 1. The Morgan fingerprint density at radius 1 is 1.14 bits per heavy atom. The van der Waals surface area contributed by atoms with Crippen molar-refractivity contribution in [3.8, 4) is 11.4 Å². The normalized spacial score (nSPS) is 11.4. The minimum atomic E-state index is -0.441. The minimum absolute atomic E-state index is 0.0359. The number of carbonyl (C=O) groups excluding carboxylic acids is 1. The van der Waals surface area contributed by atoms with E-state index in [2.05, 4.69) is 58.3 Å². The van der Waals surface area contributed by atoms with Crippen LogP contribution < -0.4 is 10.3 Å². The standard InChI is InChI=1S/C25H31N7O3/c1-17(2)15-31(16-18(3)4)22-11-10-21(32(34)35)12-20(22)14-26-29-24(33)13-23-27-25(30-28-23)19-8-6-5-7-9-19/h5-12,14,17-18H,13,15-16H2,1-4H3,(H,29,33)(H,27,28,30)/b26-14-. The van der Waals surface area contributed by atoms with Gasteiger partial charge in [-0.1, -0.05) is 58.0 Å². The fourth-order valence-electron chi connectivity index (χ4n) is 3.66. The van der Waals surface area contributed by atoms with Crippen LogP contribution in [0.5, 0.6) is 0 Å². The highest BCUT2D eigenvalue weighted by atomic mass is 16.6. The van der Waals surface area contributed by atoms with Crippen molar-refractivity contribution in [2.45, 2.75) is 34.1 Å². The Morgan fingerprint density at radius 2 is 1.83 bits per heavy atom. The van der Waals surface area contributed by atoms with Crippen LogP contribution >= 0.6 is 0 Å². The summed E-state index contributed by atoms with van der Waals surface area (Å²) in [5.41, 5.74) is 4.68. The molecule has 10 heteroatoms. The molecular formula is C25H31N7O3. The molecule has 0 fully saturated rings. The van der Waals surface area contributed by atoms with E-state index in [-0.39, 0.29) is 18.0 Å². The number of hydrogen-bond acceptors (Lipinski definition) is 7. The van der Waals surface area contributed by atoms with Gasteiger partial charge in [-0.25, -0.2) is 10.4 Å². The second-order valence-corrected chi connectivity index (χ2v) is 9.13. The SMILES string of the molecule is CC(C)CN(CC(C)C)c1ccc([N+](=O)[O-])cc1/C=N\NC(=O)Cc1nc(-c2ccccc2)n[nH]1. The Kier molecular flexibility index (Phi) is 8.66. The number of anilines is 1. The zero-order chi connectivity index (χ0) is 25.4. The molecule has 2 N–H and O–H groups in total. The van der Waals surface area contributed by atoms with E-state index in [1.165, 1.54) is 18.3 Å². The fraction of sp³-hybridized carbons (Fsp3) is 0.360. The van der Waals surface area contributed by atoms with Crippen LogP contribution in [0.1, 0.15) is 39.1 Å². The highest BCUT2D eigenvalue weighted by Crippen LogP contribution is 2.26. The molecule has 1 amide bonds. The van der Waals surface area contributed by atoms with Gasteiger partial charge >= 0.3 is 0 Å². The Balaban J connectivity index is 1.74. The highest BCUT2D eigenvalue weighted by Gasteiger charge is 2.17. The number of H-pyrrole nitrogens is 1. The molecule has 0 saturated carbocycles. The van der Waals surface area contributed by atoms with Gasteiger partial charge in [-0.05, 0) is 17.9 Å². The first kappa shape index (κ1) is 25.5. The van der Waals surface area contributed by atoms with Crippen LogP contribution in [0.4, 0.5) is 11.4 Å². The van der Waals surface area contributed by atoms with E-state index in [4.69, 9.17) is 0 Å². The van der Waals surface area contributed by atoms with Crippen molar-refractivity contribution in [1.29, 1.82) is 0 Å². The lowest BCUT2D eigenvalue weighted by molar-refractivity contribution is -0.384. The van der Waals surface area contributed by atoms with Gasteiger partial charge < -0.3 is 4.90 Å². The lowest BCUT2D eigenvalue weighted by atomic mass is 10.1. The van der Waals surface area contributed by atoms with Crippen molar-refractivity contribution in [2.75, 3.05) is 18.0 Å². The molecule has 35 heavy (non-hydrogen) atoms. The van der Waals surface area contributed by atoms with Gasteiger partial charge in [0, 0.05) is 42.0 Å². The number of nitro groups is 1. The Hall–Kier alpha value is -4.08. The molecule has 3 rings (SSSR count). The summed E-state index contributed by atoms with van der Waals surface area (Å²) in [6, 6.07) is 14.2. The van der Waals surface area contributed by atoms with Crippen LogP contribution in [-0.4, -0.2) is 45.3 Å². The Bertz CT molecular complexity index is 1160. The maximum absolute atomic E-state index is 12.4. The van der Waals surface area contributed by atoms with Crippen molar-refractivity contribution >= 4 is 23.5 Å². The number of hydrogen-bond donors (Lipinski definition) is 2. The smallest absolute Gasteiger partial charge is 0.270 e. The fourth-order valence-corrected chi connectivity index (χ4v) is 3.66. The molecule has 0 spiro atoms. The van der Waals surface area contributed by atoms with Crippen LogP contribution in [0.2, 0.25) is 0 Å². The number of amides is 1. The largest absolute Gasteiger partial charge is 0.370 e. The monoisotopic (exact) mass is 477 g/mol. The molecule has 0 aliphatic heterocycles. The average Bonchev–Trinajstić information content (AvgIpc) is 3.27. The number of nitro benzene ring substituents is 1. The first-order chi connectivity index (χ1) is 16.7. The van der Waals surface area contributed by atoms with E-state index in [1.807, 2.05) is 30.3 Å². The summed E-state index contributed by atoms with van der Waals surface area (Å²) in [5, 5.41) is 22.3. The molecule has 0 bridgehead atoms. The minimum Gasteiger partial charge on any atom is -0.370 e. The summed E-state index contributed by atoms with van der Waals surface area (Å²) in [6.07, 6.45) is 1.41. The Morgan fingerprint density at radius 3 is 2.46 bits per heavy atom. The third kappa shape index (κ3) is 7.46. The molecule has 10 nitrogen and oxygen atoms in total. The van der Waals surface area contributed by atoms with Gasteiger partial charge in [0.15, 0.2) is 5.82 Å². The summed E-state index contributed by atoms with van der Waals surface area (Å²) >= 11 is 0. The maximum atomic E-state index is 12.4. The van der Waals surface area contributed by atoms with Crippen LogP contribution in [0.25, 0.3) is 11.4 Å². The lowest BCUT2D eigenvalue weighted by Crippen LogP contribution is -2.32. The molecule has 1 aromatic heterocycles. The van der Waals surface area contributed by atoms with E-state index >= 15 is 0 Å². The molecule has 0 atom stereocenters. The van der Waals surface area contributed by atoms with E-state index in [0.717, 1.165) is 24.3 Å². The maximum Gasteiger partial charge on any atom is 0.270 e. The van der Waals surface area contributed by atoms with Gasteiger partial charge in [0.1, 0.15) is 5.82 Å². The van der Waals surface area contributed by atoms with Gasteiger partial charge in [0.2, 0.25) is 5.91 Å². The van der Waals surface area contributed by atoms with Crippen LogP contribution in [0.3, 0.4) is 0 Å². The predicted molar refractivity (Wildman–Crippen MR) is 136 cm³/mol. The second kappa shape index (κ2) is 11.9. The zero-order valence-corrected chi connectivity index (χ0v) is 20.4. The number of hydrazone groups is 1. The molecule has 0 aliphatic carbocycles. The molecule has 0 saturated heterocycles. The van der Waals surface area contributed by atoms with Crippen molar-refractivity contribution < 1.29 is 9.72 Å². The lowest BCUT2D eigenvalue weighted by Gasteiger charge is -2.29. The molecule has 0 radical (unpaired) electrons. The number of nitrogens with one attached hydrogen (secondary N) is 2. The first-order valence-corrected chi connectivity index (χ1v) is 11.5. The van der Waals surface area contributed by atoms with Gasteiger partial charge in [0.25, 0.3) is 5.69 Å². The van der Waals surface area contributed by atoms with Crippen molar-refractivity contribution in [1.82, 2.24) is 20.6 Å². The van der Waals surface area contributed by atoms with Crippen molar-refractivity contribution in [2.24, 2.45) is 16.9 Å². The molecule has 184 valence electrons. The molecule has 0 aliphatic rings. The predicted octanol–water partition coefficient (Wildman–Crippen LogP) is 4.19. The molecule has 0 unspecified atom stereocenters. The number of aromatic amines is 1. The van der Waals surface area contributed by atoms with E-state index in [9.17, 15) is 14.9 Å². The first-order valence-electron chi connectivity index (χ1n) is 11.5. The summed E-state index contributed by atoms with van der Waals surface area (Å²) in [6.45, 7) is 10.1. The second-order valence-electron chi connectivity index (χ2n) is 9.13. The van der Waals surface area contributed by atoms with E-state index < -0.39 is 4.92 Å². The van der Waals surface area contributed by atoms with Gasteiger partial charge in [0.05, 0.1) is 17.6 Å². The molecule has 3 aromatic rings. The topological polar surface area (TPSA) is 129 Å². The van der Waals surface area contributed by atoms with E-state index in [0.29, 0.717) is 29.0 Å². The van der Waals surface area contributed by atoms with E-state index in [1.54, 1.807) is 6.07 Å². The van der Waals surface area contributed by atoms with Gasteiger partial charge in [-0.3, -0.25) is 20.0 Å². The third-order valence-corrected chi connectivity index (χ3v) is 5.02. The summed E-state index contributed by atoms with van der Waals surface area (Å²) in [4.78, 5) is 29.8. The third-order valence-electron chi connectivity index (χ3n) is 5.02.